The van der Waals surface area contributed by atoms with Gasteiger partial charge < -0.3 is 10.4 Å². The number of nitrogens with one attached hydrogen (secondary N) is 1. The Morgan fingerprint density at radius 2 is 1.74 bits per heavy atom. The summed E-state index contributed by atoms with van der Waals surface area (Å²) in [5.74, 6) is -1.14. The van der Waals surface area contributed by atoms with Gasteiger partial charge in [0, 0.05) is 11.8 Å². The van der Waals surface area contributed by atoms with Crippen molar-refractivity contribution >= 4 is 23.0 Å². The first-order chi connectivity index (χ1) is 10.7. The van der Waals surface area contributed by atoms with Gasteiger partial charge in [0.25, 0.3) is 5.69 Å². The van der Waals surface area contributed by atoms with Gasteiger partial charge in [0.2, 0.25) is 0 Å². The van der Waals surface area contributed by atoms with Crippen molar-refractivity contribution in [2.45, 2.75) is 6.18 Å². The van der Waals surface area contributed by atoms with Gasteiger partial charge in [-0.1, -0.05) is 0 Å². The minimum atomic E-state index is -4.69. The minimum Gasteiger partial charge on any atom is -0.478 e. The number of anilines is 2. The number of carboxylic acid groups (broad SMARTS) is 1. The molecule has 0 saturated heterocycles. The molecule has 23 heavy (non-hydrogen) atoms. The number of nitrogens with zero attached hydrogens (tertiary/aromatic N) is 1. The highest BCUT2D eigenvalue weighted by Gasteiger charge is 2.33. The lowest BCUT2D eigenvalue weighted by Crippen LogP contribution is -2.06. The molecule has 2 rings (SSSR count). The molecule has 0 bridgehead atoms. The molecule has 0 amide bonds. The van der Waals surface area contributed by atoms with Crippen molar-refractivity contribution in [3.05, 3.63) is 63.7 Å². The Labute approximate surface area is 127 Å². The summed E-state index contributed by atoms with van der Waals surface area (Å²) in [5, 5.41) is 22.3. The number of hydrogen-bond acceptors (Lipinski definition) is 4. The lowest BCUT2D eigenvalue weighted by molar-refractivity contribution is -0.384. The van der Waals surface area contributed by atoms with Gasteiger partial charge in [-0.3, -0.25) is 10.1 Å². The molecule has 2 aromatic rings. The van der Waals surface area contributed by atoms with Crippen LogP contribution in [0.4, 0.5) is 30.2 Å². The molecule has 0 radical (unpaired) electrons. The van der Waals surface area contributed by atoms with Gasteiger partial charge in [-0.25, -0.2) is 4.79 Å². The smallest absolute Gasteiger partial charge is 0.416 e. The summed E-state index contributed by atoms with van der Waals surface area (Å²) in [6.07, 6.45) is -4.69. The van der Waals surface area contributed by atoms with E-state index in [2.05, 4.69) is 5.32 Å². The molecule has 9 heteroatoms. The van der Waals surface area contributed by atoms with E-state index in [0.29, 0.717) is 11.8 Å². The highest BCUT2D eigenvalue weighted by molar-refractivity contribution is 5.88. The highest BCUT2D eigenvalue weighted by Crippen LogP contribution is 2.36. The number of aromatic carboxylic acids is 1. The Kier molecular flexibility index (Phi) is 4.21. The highest BCUT2D eigenvalue weighted by atomic mass is 19.4. The molecular formula is C14H9F3N2O4. The molecule has 0 aliphatic rings. The van der Waals surface area contributed by atoms with Crippen molar-refractivity contribution < 1.29 is 28.0 Å². The normalized spacial score (nSPS) is 11.1. The van der Waals surface area contributed by atoms with Crippen LogP contribution in [0, 0.1) is 10.1 Å². The average molecular weight is 326 g/mol. The van der Waals surface area contributed by atoms with Crippen LogP contribution in [0.5, 0.6) is 0 Å². The summed E-state index contributed by atoms with van der Waals surface area (Å²) in [6, 6.07) is 7.35. The number of rotatable bonds is 4. The van der Waals surface area contributed by atoms with Crippen LogP contribution < -0.4 is 5.32 Å². The van der Waals surface area contributed by atoms with Crippen LogP contribution in [0.3, 0.4) is 0 Å². The maximum atomic E-state index is 12.6. The van der Waals surface area contributed by atoms with Crippen LogP contribution in [-0.2, 0) is 6.18 Å². The molecule has 0 aliphatic heterocycles. The Balaban J connectivity index is 2.35. The standard InChI is InChI=1S/C14H9F3N2O4/c15-14(16,17)9-3-6-11(12(7-9)19(22)23)18-10-4-1-8(2-5-10)13(20)21/h1-7,18H,(H,20,21). The molecule has 0 atom stereocenters. The summed E-state index contributed by atoms with van der Waals surface area (Å²) in [6.45, 7) is 0. The van der Waals surface area contributed by atoms with Gasteiger partial charge in [-0.15, -0.1) is 0 Å². The van der Waals surface area contributed by atoms with Crippen molar-refractivity contribution in [3.8, 4) is 0 Å². The Bertz CT molecular complexity index is 758. The average Bonchev–Trinajstić information content (AvgIpc) is 2.46. The third-order valence-corrected chi connectivity index (χ3v) is 2.93. The third kappa shape index (κ3) is 3.76. The Hall–Kier alpha value is -3.10. The van der Waals surface area contributed by atoms with Crippen LogP contribution in [0.2, 0.25) is 0 Å². The second-order valence-electron chi connectivity index (χ2n) is 4.49. The topological polar surface area (TPSA) is 92.5 Å². The molecule has 0 unspecified atom stereocenters. The fourth-order valence-corrected chi connectivity index (χ4v) is 1.82. The van der Waals surface area contributed by atoms with Crippen LogP contribution in [0.15, 0.2) is 42.5 Å². The van der Waals surface area contributed by atoms with Gasteiger partial charge in [0.1, 0.15) is 5.69 Å². The molecule has 120 valence electrons. The lowest BCUT2D eigenvalue weighted by atomic mass is 10.1. The SMILES string of the molecule is O=C(O)c1ccc(Nc2ccc(C(F)(F)F)cc2[N+](=O)[O-])cc1. The van der Waals surface area contributed by atoms with E-state index in [9.17, 15) is 28.1 Å². The van der Waals surface area contributed by atoms with Crippen molar-refractivity contribution in [1.82, 2.24) is 0 Å². The second kappa shape index (κ2) is 5.95. The molecule has 0 aromatic heterocycles. The van der Waals surface area contributed by atoms with Crippen LogP contribution in [0.1, 0.15) is 15.9 Å². The first-order valence-corrected chi connectivity index (χ1v) is 6.14. The second-order valence-corrected chi connectivity index (χ2v) is 4.49. The number of carbonyl (C=O) groups is 1. The van der Waals surface area contributed by atoms with E-state index in [1.807, 2.05) is 0 Å². The molecule has 0 aliphatic carbocycles. The maximum absolute atomic E-state index is 12.6. The quantitative estimate of drug-likeness (QED) is 0.653. The summed E-state index contributed by atoms with van der Waals surface area (Å²) >= 11 is 0. The van der Waals surface area contributed by atoms with Crippen LogP contribution >= 0.6 is 0 Å². The van der Waals surface area contributed by atoms with Gasteiger partial charge >= 0.3 is 12.1 Å². The predicted octanol–water partition coefficient (Wildman–Crippen LogP) is 4.06. The molecule has 0 saturated carbocycles. The Morgan fingerprint density at radius 3 is 2.22 bits per heavy atom. The van der Waals surface area contributed by atoms with E-state index < -0.39 is 28.3 Å². The van der Waals surface area contributed by atoms with Gasteiger partial charge in [0.15, 0.2) is 0 Å². The fourth-order valence-electron chi connectivity index (χ4n) is 1.82. The van der Waals surface area contributed by atoms with Crippen LogP contribution in [0.25, 0.3) is 0 Å². The summed E-state index contributed by atoms with van der Waals surface area (Å²) in [7, 11) is 0. The molecule has 0 heterocycles. The minimum absolute atomic E-state index is 0.0115. The maximum Gasteiger partial charge on any atom is 0.416 e. The number of carboxylic acids is 1. The third-order valence-electron chi connectivity index (χ3n) is 2.93. The van der Waals surface area contributed by atoms with Crippen molar-refractivity contribution in [2.75, 3.05) is 5.32 Å². The number of alkyl halides is 3. The monoisotopic (exact) mass is 326 g/mol. The number of nitro benzene ring substituents is 1. The van der Waals surface area contributed by atoms with E-state index in [0.717, 1.165) is 12.1 Å². The zero-order chi connectivity index (χ0) is 17.2. The molecule has 2 aromatic carbocycles. The summed E-state index contributed by atoms with van der Waals surface area (Å²) < 4.78 is 37.8. The van der Waals surface area contributed by atoms with Crippen molar-refractivity contribution in [1.29, 1.82) is 0 Å². The first-order valence-electron chi connectivity index (χ1n) is 6.14. The van der Waals surface area contributed by atoms with Crippen molar-refractivity contribution in [2.24, 2.45) is 0 Å². The van der Waals surface area contributed by atoms with Gasteiger partial charge in [-0.2, -0.15) is 13.2 Å². The van der Waals surface area contributed by atoms with Crippen LogP contribution in [-0.4, -0.2) is 16.0 Å². The number of halogens is 3. The van der Waals surface area contributed by atoms with E-state index in [1.165, 1.54) is 24.3 Å². The van der Waals surface area contributed by atoms with Gasteiger partial charge in [0.05, 0.1) is 16.1 Å². The van der Waals surface area contributed by atoms with Gasteiger partial charge in [-0.05, 0) is 36.4 Å². The number of nitro groups is 1. The fraction of sp³-hybridized carbons (Fsp3) is 0.0714. The molecule has 0 spiro atoms. The number of hydrogen-bond donors (Lipinski definition) is 2. The zero-order valence-corrected chi connectivity index (χ0v) is 11.3. The number of benzene rings is 2. The molecule has 2 N–H and O–H groups in total. The lowest BCUT2D eigenvalue weighted by Gasteiger charge is -2.10. The Morgan fingerprint density at radius 1 is 1.13 bits per heavy atom. The van der Waals surface area contributed by atoms with Crippen molar-refractivity contribution in [3.63, 3.8) is 0 Å². The largest absolute Gasteiger partial charge is 0.478 e. The van der Waals surface area contributed by atoms with E-state index >= 15 is 0 Å². The molecule has 0 fully saturated rings. The molecular weight excluding hydrogens is 317 g/mol. The molecule has 6 nitrogen and oxygen atoms in total. The predicted molar refractivity (Wildman–Crippen MR) is 74.8 cm³/mol. The first kappa shape index (κ1) is 16.3. The van der Waals surface area contributed by atoms with E-state index in [1.54, 1.807) is 0 Å². The van der Waals surface area contributed by atoms with E-state index in [4.69, 9.17) is 5.11 Å². The zero-order valence-electron chi connectivity index (χ0n) is 11.3. The summed E-state index contributed by atoms with van der Waals surface area (Å²) in [5.41, 5.74) is -1.68. The van der Waals surface area contributed by atoms with E-state index in [-0.39, 0.29) is 11.3 Å². The summed E-state index contributed by atoms with van der Waals surface area (Å²) in [4.78, 5) is 20.8.